The molecule has 0 aromatic rings. The van der Waals surface area contributed by atoms with Crippen LogP contribution in [-0.4, -0.2) is 146 Å². The molecule has 7 rings (SSSR count). The summed E-state index contributed by atoms with van der Waals surface area (Å²) < 4.78 is 52.9. The summed E-state index contributed by atoms with van der Waals surface area (Å²) in [5, 5.41) is 16.3. The fourth-order valence-electron chi connectivity index (χ4n) is 7.64. The Morgan fingerprint density at radius 2 is 0.685 bits per heavy atom. The Hall–Kier alpha value is -3.54. The molecule has 0 radical (unpaired) electrons. The number of carbonyl (C=O) groups excluding carboxylic acids is 6. The normalized spacial score (nSPS) is 42.3. The second kappa shape index (κ2) is 14.5. The molecule has 7 aliphatic heterocycles. The van der Waals surface area contributed by atoms with Crippen LogP contribution in [-0.2, 0) is 71.4 Å². The second-order valence-electron chi connectivity index (χ2n) is 15.5. The van der Waals surface area contributed by atoms with Crippen molar-refractivity contribution in [3.63, 3.8) is 0 Å². The lowest BCUT2D eigenvalue weighted by Gasteiger charge is -2.27. The highest BCUT2D eigenvalue weighted by molar-refractivity contribution is 5.87. The fraction of sp³-hybridized carbons (Fsp3) is 0.818. The van der Waals surface area contributed by atoms with E-state index in [2.05, 4.69) is 31.9 Å². The van der Waals surface area contributed by atoms with E-state index < -0.39 is 126 Å². The zero-order valence-corrected chi connectivity index (χ0v) is 30.8. The molecule has 7 fully saturated rings. The van der Waals surface area contributed by atoms with E-state index in [9.17, 15) is 28.8 Å². The first kappa shape index (κ1) is 38.7. The molecule has 0 aromatic heterocycles. The van der Waals surface area contributed by atoms with Gasteiger partial charge in [0.05, 0.1) is 18.1 Å². The Morgan fingerprint density at radius 1 is 0.426 bits per heavy atom. The first-order chi connectivity index (χ1) is 25.4. The zero-order chi connectivity index (χ0) is 38.7. The monoisotopic (exact) mass is 768 g/mol. The zero-order valence-electron chi connectivity index (χ0n) is 30.8. The molecule has 0 aromatic carbocycles. The highest BCUT2D eigenvalue weighted by Gasteiger charge is 2.60. The van der Waals surface area contributed by atoms with Crippen molar-refractivity contribution in [3.05, 3.63) is 0 Å². The Labute approximate surface area is 310 Å². The van der Waals surface area contributed by atoms with Crippen molar-refractivity contribution in [2.75, 3.05) is 19.6 Å². The molecule has 300 valence electrons. The number of nitrogens with one attached hydrogen (secondary N) is 6. The van der Waals surface area contributed by atoms with Crippen LogP contribution in [0.2, 0.25) is 0 Å². The van der Waals surface area contributed by atoms with Crippen molar-refractivity contribution < 1.29 is 71.4 Å². The third-order valence-electron chi connectivity index (χ3n) is 9.86. The Kier molecular flexibility index (Phi) is 10.4. The molecule has 0 unspecified atom stereocenters. The molecule has 12 atom stereocenters. The van der Waals surface area contributed by atoms with Gasteiger partial charge in [-0.05, 0) is 41.5 Å². The maximum Gasteiger partial charge on any atom is 0.251 e. The topological polar surface area (TPSA) is 258 Å². The molecule has 0 bridgehead atoms. The summed E-state index contributed by atoms with van der Waals surface area (Å²) in [7, 11) is 0. The van der Waals surface area contributed by atoms with E-state index in [4.69, 9.17) is 42.6 Å². The third-order valence-corrected chi connectivity index (χ3v) is 9.86. The minimum Gasteiger partial charge on any atom is -0.353 e. The molecule has 7 aliphatic rings. The number of carbonyl (C=O) groups is 6. The smallest absolute Gasteiger partial charge is 0.251 e. The van der Waals surface area contributed by atoms with Crippen LogP contribution in [0.25, 0.3) is 0 Å². The van der Waals surface area contributed by atoms with Crippen LogP contribution < -0.4 is 31.9 Å². The molecule has 54 heavy (non-hydrogen) atoms. The SMILES string of the molecule is CC1(C)O[C@H]2O[C@@H]3C(=O)NCCC(=O)N[C@@H]4[C@H]5OC(C)(C)O[C@H]5O[C@@H]4C(=O)NCCC(=O)N[C@@H]4[C@H]5OC(C)(C)O[C@H]5O[C@@H]4C(=O)NCCC(=O)N[C@@H]3[C@H]2O1. The molecule has 0 aliphatic carbocycles. The molecule has 21 heteroatoms. The van der Waals surface area contributed by atoms with Gasteiger partial charge in [0.15, 0.2) is 54.5 Å². The van der Waals surface area contributed by atoms with Gasteiger partial charge >= 0.3 is 0 Å². The van der Waals surface area contributed by atoms with Gasteiger partial charge in [0.25, 0.3) is 17.7 Å². The minimum absolute atomic E-state index is 0.129. The molecule has 21 nitrogen and oxygen atoms in total. The maximum absolute atomic E-state index is 13.4. The van der Waals surface area contributed by atoms with Gasteiger partial charge in [-0.2, -0.15) is 0 Å². The van der Waals surface area contributed by atoms with Crippen LogP contribution in [0.15, 0.2) is 0 Å². The number of rotatable bonds is 0. The predicted molar refractivity (Wildman–Crippen MR) is 175 cm³/mol. The minimum atomic E-state index is -1.24. The van der Waals surface area contributed by atoms with E-state index in [0.717, 1.165) is 0 Å². The van der Waals surface area contributed by atoms with Gasteiger partial charge in [0, 0.05) is 38.9 Å². The van der Waals surface area contributed by atoms with Crippen molar-refractivity contribution in [1.29, 1.82) is 0 Å². The molecule has 6 N–H and O–H groups in total. The van der Waals surface area contributed by atoms with Gasteiger partial charge in [-0.25, -0.2) is 0 Å². The largest absolute Gasteiger partial charge is 0.353 e. The lowest BCUT2D eigenvalue weighted by atomic mass is 10.1. The second-order valence-corrected chi connectivity index (χ2v) is 15.5. The van der Waals surface area contributed by atoms with Crippen molar-refractivity contribution in [2.45, 2.75) is 152 Å². The number of hydrogen-bond donors (Lipinski definition) is 6. The quantitative estimate of drug-likeness (QED) is 0.140. The fourth-order valence-corrected chi connectivity index (χ4v) is 7.64. The van der Waals surface area contributed by atoms with Crippen LogP contribution in [0, 0.1) is 0 Å². The first-order valence-corrected chi connectivity index (χ1v) is 18.1. The standard InChI is InChI=1S/C33H48N6O15/c1-31(2)49-22-16-19(46-28(22)52-31)25(43)34-11-8-14(41)38-18-21(48-30-24(18)51-33(5,6)54-30)27(45)36-12-9-15(42)39-17-20(26(44)35-10-7-13(40)37-16)47-29-23(17)50-32(3,4)53-29/h16-24,28-30H,7-12H2,1-6H3,(H,34,43)(H,35,44)(H,36,45)(H,37,40)(H,38,41)(H,39,42)/t16-,17-,18-,19-,20-,21-,22+,23+,24+,28+,29+,30+/m0/s1. The molecule has 7 saturated heterocycles. The van der Waals surface area contributed by atoms with Gasteiger partial charge in [-0.1, -0.05) is 0 Å². The summed E-state index contributed by atoms with van der Waals surface area (Å²) in [4.78, 5) is 79.7. The van der Waals surface area contributed by atoms with Crippen molar-refractivity contribution >= 4 is 35.4 Å². The summed E-state index contributed by atoms with van der Waals surface area (Å²) in [6, 6.07) is -2.95. The third kappa shape index (κ3) is 8.05. The molecule has 7 heterocycles. The number of fused-ring (bicyclic) bond motifs is 9. The predicted octanol–water partition coefficient (Wildman–Crippen LogP) is -3.40. The molecular weight excluding hydrogens is 720 g/mol. The van der Waals surface area contributed by atoms with Gasteiger partial charge in [0.2, 0.25) is 17.7 Å². The van der Waals surface area contributed by atoms with E-state index in [1.807, 2.05) is 0 Å². The summed E-state index contributed by atoms with van der Waals surface area (Å²) in [5.41, 5.74) is 0. The summed E-state index contributed by atoms with van der Waals surface area (Å²) >= 11 is 0. The lowest BCUT2D eigenvalue weighted by Crippen LogP contribution is -2.55. The van der Waals surface area contributed by atoms with Crippen LogP contribution >= 0.6 is 0 Å². The average Bonchev–Trinajstić information content (AvgIpc) is 3.86. The van der Waals surface area contributed by atoms with E-state index in [1.54, 1.807) is 41.5 Å². The number of ether oxygens (including phenoxy) is 9. The van der Waals surface area contributed by atoms with E-state index in [-0.39, 0.29) is 38.9 Å². The maximum atomic E-state index is 13.4. The molecule has 0 saturated carbocycles. The first-order valence-electron chi connectivity index (χ1n) is 18.1. The lowest BCUT2D eigenvalue weighted by molar-refractivity contribution is -0.208. The highest BCUT2D eigenvalue weighted by Crippen LogP contribution is 2.40. The Balaban J connectivity index is 1.09. The van der Waals surface area contributed by atoms with Gasteiger partial charge in [-0.3, -0.25) is 28.8 Å². The van der Waals surface area contributed by atoms with Gasteiger partial charge in [-0.15, -0.1) is 0 Å². The average molecular weight is 769 g/mol. The van der Waals surface area contributed by atoms with Crippen molar-refractivity contribution in [3.8, 4) is 0 Å². The van der Waals surface area contributed by atoms with E-state index in [1.165, 1.54) is 0 Å². The number of hydrogen-bond acceptors (Lipinski definition) is 15. The van der Waals surface area contributed by atoms with Crippen LogP contribution in [0.3, 0.4) is 0 Å². The summed E-state index contributed by atoms with van der Waals surface area (Å²) in [6.07, 6.45) is -9.76. The van der Waals surface area contributed by atoms with Crippen molar-refractivity contribution in [2.24, 2.45) is 0 Å². The summed E-state index contributed by atoms with van der Waals surface area (Å²) in [6.45, 7) is 9.62. The van der Waals surface area contributed by atoms with Gasteiger partial charge < -0.3 is 74.5 Å². The number of amides is 6. The summed E-state index contributed by atoms with van der Waals surface area (Å²) in [5.74, 6) is -6.63. The van der Waals surface area contributed by atoms with Crippen LogP contribution in [0.4, 0.5) is 0 Å². The van der Waals surface area contributed by atoms with Crippen LogP contribution in [0.5, 0.6) is 0 Å². The van der Waals surface area contributed by atoms with Gasteiger partial charge in [0.1, 0.15) is 18.3 Å². The van der Waals surface area contributed by atoms with Crippen LogP contribution in [0.1, 0.15) is 60.8 Å². The Morgan fingerprint density at radius 3 is 0.944 bits per heavy atom. The van der Waals surface area contributed by atoms with Crippen molar-refractivity contribution in [1.82, 2.24) is 31.9 Å². The molecular formula is C33H48N6O15. The molecule has 0 spiro atoms. The van der Waals surface area contributed by atoms with E-state index >= 15 is 0 Å². The Bertz CT molecular complexity index is 1370. The molecule has 6 amide bonds. The van der Waals surface area contributed by atoms with E-state index in [0.29, 0.717) is 0 Å². The highest BCUT2D eigenvalue weighted by atomic mass is 16.8.